The number of hydrogen-bond donors (Lipinski definition) is 1. The second-order valence-electron chi connectivity index (χ2n) is 5.12. The molecule has 0 aromatic heterocycles. The number of amides is 1. The number of carbonyl (C=O) groups is 1. The molecule has 0 radical (unpaired) electrons. The van der Waals surface area contributed by atoms with Crippen LogP contribution in [0.4, 0.5) is 0 Å². The Morgan fingerprint density at radius 3 is 2.62 bits per heavy atom. The molecule has 0 saturated heterocycles. The summed E-state index contributed by atoms with van der Waals surface area (Å²) in [5.74, 6) is 0.913. The standard InChI is InChI=1S/C18H19ClN2O3/c1-12-13(2)16(23-3)9-8-14(12)10-20-21-18(22)11-24-17-7-5-4-6-15(17)19/h4-10H,11H2,1-3H3,(H,21,22)/b20-10+. The Bertz CT molecular complexity index is 760. The molecule has 1 N–H and O–H groups in total. The lowest BCUT2D eigenvalue weighted by molar-refractivity contribution is -0.123. The number of carbonyl (C=O) groups excluding carboxylic acids is 1. The molecule has 6 heteroatoms. The first-order chi connectivity index (χ1) is 11.5. The first-order valence-electron chi connectivity index (χ1n) is 7.36. The zero-order chi connectivity index (χ0) is 17.5. The number of rotatable bonds is 6. The van der Waals surface area contributed by atoms with Crippen LogP contribution < -0.4 is 14.9 Å². The van der Waals surface area contributed by atoms with Crippen molar-refractivity contribution in [1.29, 1.82) is 0 Å². The summed E-state index contributed by atoms with van der Waals surface area (Å²) in [6, 6.07) is 10.7. The normalized spacial score (nSPS) is 10.7. The Kier molecular flexibility index (Phi) is 6.21. The monoisotopic (exact) mass is 346 g/mol. The van der Waals surface area contributed by atoms with Crippen LogP contribution in [-0.2, 0) is 4.79 Å². The summed E-state index contributed by atoms with van der Waals surface area (Å²) in [5, 5.41) is 4.41. The molecule has 0 atom stereocenters. The molecular weight excluding hydrogens is 328 g/mol. The number of para-hydroxylation sites is 1. The molecule has 0 heterocycles. The molecular formula is C18H19ClN2O3. The van der Waals surface area contributed by atoms with Gasteiger partial charge >= 0.3 is 0 Å². The molecule has 0 aliphatic heterocycles. The first kappa shape index (κ1) is 17.8. The van der Waals surface area contributed by atoms with E-state index in [0.29, 0.717) is 10.8 Å². The quantitative estimate of drug-likeness (QED) is 0.643. The summed E-state index contributed by atoms with van der Waals surface area (Å²) in [7, 11) is 1.63. The van der Waals surface area contributed by atoms with Crippen molar-refractivity contribution < 1.29 is 14.3 Å². The minimum absolute atomic E-state index is 0.165. The van der Waals surface area contributed by atoms with Crippen LogP contribution in [0.5, 0.6) is 11.5 Å². The molecule has 2 aromatic rings. The molecule has 0 unspecified atom stereocenters. The molecule has 0 aliphatic rings. The van der Waals surface area contributed by atoms with Gasteiger partial charge in [-0.25, -0.2) is 5.43 Å². The maximum Gasteiger partial charge on any atom is 0.277 e. The van der Waals surface area contributed by atoms with Gasteiger partial charge in [0.2, 0.25) is 0 Å². The van der Waals surface area contributed by atoms with Crippen LogP contribution in [0, 0.1) is 13.8 Å². The van der Waals surface area contributed by atoms with Crippen LogP contribution in [-0.4, -0.2) is 25.8 Å². The molecule has 1 amide bonds. The number of hydrazone groups is 1. The third-order valence-corrected chi connectivity index (χ3v) is 3.90. The van der Waals surface area contributed by atoms with Gasteiger partial charge in [-0.3, -0.25) is 4.79 Å². The van der Waals surface area contributed by atoms with Gasteiger partial charge in [-0.05, 0) is 54.8 Å². The van der Waals surface area contributed by atoms with Crippen molar-refractivity contribution in [3.8, 4) is 11.5 Å². The summed E-state index contributed by atoms with van der Waals surface area (Å²) >= 11 is 5.95. The fraction of sp³-hybridized carbons (Fsp3) is 0.222. The van der Waals surface area contributed by atoms with E-state index >= 15 is 0 Å². The third-order valence-electron chi connectivity index (χ3n) is 3.59. The molecule has 0 bridgehead atoms. The van der Waals surface area contributed by atoms with E-state index in [4.69, 9.17) is 21.1 Å². The Hall–Kier alpha value is -2.53. The van der Waals surface area contributed by atoms with E-state index in [-0.39, 0.29) is 12.5 Å². The van der Waals surface area contributed by atoms with Crippen molar-refractivity contribution in [2.24, 2.45) is 5.10 Å². The number of methoxy groups -OCH3 is 1. The predicted octanol–water partition coefficient (Wildman–Crippen LogP) is 3.49. The van der Waals surface area contributed by atoms with Crippen LogP contribution in [0.15, 0.2) is 41.5 Å². The second kappa shape index (κ2) is 8.36. The highest BCUT2D eigenvalue weighted by molar-refractivity contribution is 6.32. The maximum absolute atomic E-state index is 11.8. The van der Waals surface area contributed by atoms with Crippen LogP contribution in [0.2, 0.25) is 5.02 Å². The molecule has 126 valence electrons. The average Bonchev–Trinajstić information content (AvgIpc) is 2.58. The van der Waals surface area contributed by atoms with Crippen LogP contribution in [0.3, 0.4) is 0 Å². The lowest BCUT2D eigenvalue weighted by atomic mass is 10.0. The summed E-state index contributed by atoms with van der Waals surface area (Å²) in [4.78, 5) is 11.8. The van der Waals surface area contributed by atoms with E-state index in [1.807, 2.05) is 26.0 Å². The molecule has 2 rings (SSSR count). The second-order valence-corrected chi connectivity index (χ2v) is 5.53. The van der Waals surface area contributed by atoms with Crippen molar-refractivity contribution in [3.63, 3.8) is 0 Å². The van der Waals surface area contributed by atoms with Crippen LogP contribution in [0.1, 0.15) is 16.7 Å². The fourth-order valence-electron chi connectivity index (χ4n) is 2.09. The van der Waals surface area contributed by atoms with Gasteiger partial charge in [0.1, 0.15) is 11.5 Å². The van der Waals surface area contributed by atoms with Gasteiger partial charge in [0.15, 0.2) is 6.61 Å². The minimum atomic E-state index is -0.367. The van der Waals surface area contributed by atoms with Gasteiger partial charge in [-0.15, -0.1) is 0 Å². The fourth-order valence-corrected chi connectivity index (χ4v) is 2.28. The first-order valence-corrected chi connectivity index (χ1v) is 7.74. The average molecular weight is 347 g/mol. The molecule has 0 saturated carbocycles. The zero-order valence-electron chi connectivity index (χ0n) is 13.8. The molecule has 0 fully saturated rings. The Morgan fingerprint density at radius 1 is 1.17 bits per heavy atom. The zero-order valence-corrected chi connectivity index (χ0v) is 14.6. The topological polar surface area (TPSA) is 59.9 Å². The SMILES string of the molecule is COc1ccc(/C=N/NC(=O)COc2ccccc2Cl)c(C)c1C. The number of ether oxygens (including phenoxy) is 2. The van der Waals surface area contributed by atoms with E-state index < -0.39 is 0 Å². The van der Waals surface area contributed by atoms with Crippen molar-refractivity contribution >= 4 is 23.7 Å². The number of benzene rings is 2. The highest BCUT2D eigenvalue weighted by atomic mass is 35.5. The Balaban J connectivity index is 1.91. The lowest BCUT2D eigenvalue weighted by Crippen LogP contribution is -2.24. The predicted molar refractivity (Wildman–Crippen MR) is 95.2 cm³/mol. The Labute approximate surface area is 146 Å². The lowest BCUT2D eigenvalue weighted by Gasteiger charge is -2.09. The van der Waals surface area contributed by atoms with E-state index in [1.165, 1.54) is 0 Å². The molecule has 2 aromatic carbocycles. The van der Waals surface area contributed by atoms with Gasteiger partial charge in [-0.1, -0.05) is 23.7 Å². The summed E-state index contributed by atoms with van der Waals surface area (Å²) in [6.07, 6.45) is 1.59. The number of hydrogen-bond acceptors (Lipinski definition) is 4. The van der Waals surface area contributed by atoms with Crippen LogP contribution in [0.25, 0.3) is 0 Å². The summed E-state index contributed by atoms with van der Waals surface area (Å²) in [5.41, 5.74) is 5.41. The number of nitrogens with one attached hydrogen (secondary N) is 1. The van der Waals surface area contributed by atoms with Crippen molar-refractivity contribution in [3.05, 3.63) is 58.1 Å². The Morgan fingerprint density at radius 2 is 1.92 bits per heavy atom. The maximum atomic E-state index is 11.8. The van der Waals surface area contributed by atoms with Crippen LogP contribution >= 0.6 is 11.6 Å². The molecule has 0 spiro atoms. The van der Waals surface area contributed by atoms with Gasteiger partial charge in [-0.2, -0.15) is 5.10 Å². The highest BCUT2D eigenvalue weighted by Crippen LogP contribution is 2.23. The molecule has 24 heavy (non-hydrogen) atoms. The number of nitrogens with zero attached hydrogens (tertiary/aromatic N) is 1. The van der Waals surface area contributed by atoms with E-state index in [2.05, 4.69) is 10.5 Å². The van der Waals surface area contributed by atoms with Gasteiger partial charge in [0.05, 0.1) is 18.3 Å². The third kappa shape index (κ3) is 4.49. The molecule has 0 aliphatic carbocycles. The minimum Gasteiger partial charge on any atom is -0.496 e. The highest BCUT2D eigenvalue weighted by Gasteiger charge is 2.06. The van der Waals surface area contributed by atoms with E-state index in [0.717, 1.165) is 22.4 Å². The summed E-state index contributed by atoms with van der Waals surface area (Å²) in [6.45, 7) is 3.78. The largest absolute Gasteiger partial charge is 0.496 e. The van der Waals surface area contributed by atoms with Gasteiger partial charge < -0.3 is 9.47 Å². The van der Waals surface area contributed by atoms with Crippen molar-refractivity contribution in [1.82, 2.24) is 5.43 Å². The van der Waals surface area contributed by atoms with Gasteiger partial charge in [0, 0.05) is 0 Å². The smallest absolute Gasteiger partial charge is 0.277 e. The van der Waals surface area contributed by atoms with Crippen molar-refractivity contribution in [2.45, 2.75) is 13.8 Å². The summed E-state index contributed by atoms with van der Waals surface area (Å²) < 4.78 is 10.6. The van der Waals surface area contributed by atoms with E-state index in [1.54, 1.807) is 37.6 Å². The molecule has 5 nitrogen and oxygen atoms in total. The van der Waals surface area contributed by atoms with Crippen molar-refractivity contribution in [2.75, 3.05) is 13.7 Å². The van der Waals surface area contributed by atoms with E-state index in [9.17, 15) is 4.79 Å². The number of halogens is 1. The van der Waals surface area contributed by atoms with Gasteiger partial charge in [0.25, 0.3) is 5.91 Å².